The lowest BCUT2D eigenvalue weighted by molar-refractivity contribution is 0.378. The van der Waals surface area contributed by atoms with Crippen molar-refractivity contribution in [2.45, 2.75) is 20.0 Å². The van der Waals surface area contributed by atoms with E-state index in [-0.39, 0.29) is 5.92 Å². The molecule has 0 saturated carbocycles. The van der Waals surface area contributed by atoms with Crippen molar-refractivity contribution in [2.24, 2.45) is 5.92 Å². The summed E-state index contributed by atoms with van der Waals surface area (Å²) in [6.45, 7) is 3.42. The molecule has 4 heteroatoms. The molecule has 0 aliphatic rings. The molecule has 1 heterocycles. The van der Waals surface area contributed by atoms with Gasteiger partial charge in [-0.15, -0.1) is 0 Å². The third-order valence-corrected chi connectivity index (χ3v) is 2.87. The van der Waals surface area contributed by atoms with Crippen molar-refractivity contribution in [2.75, 3.05) is 14.1 Å². The topological polar surface area (TPSA) is 44.9 Å². The molecule has 2 aromatic rings. The van der Waals surface area contributed by atoms with Crippen LogP contribution in [0.3, 0.4) is 0 Å². The summed E-state index contributed by atoms with van der Waals surface area (Å²) in [4.78, 5) is 6.74. The second-order valence-corrected chi connectivity index (χ2v) is 4.90. The van der Waals surface area contributed by atoms with Gasteiger partial charge in [-0.25, -0.2) is 4.98 Å². The molecule has 4 nitrogen and oxygen atoms in total. The molecule has 1 unspecified atom stereocenters. The number of fused-ring (bicyclic) bond motifs is 1. The van der Waals surface area contributed by atoms with Gasteiger partial charge in [-0.05, 0) is 33.2 Å². The average molecular weight is 242 g/mol. The fraction of sp³-hybridized carbons (Fsp3) is 0.429. The van der Waals surface area contributed by atoms with Gasteiger partial charge in [0, 0.05) is 6.54 Å². The highest BCUT2D eigenvalue weighted by molar-refractivity contribution is 5.75. The molecule has 0 amide bonds. The Morgan fingerprint density at radius 1 is 1.39 bits per heavy atom. The molecular formula is C14H18N4. The molecule has 94 valence electrons. The maximum Gasteiger partial charge on any atom is 0.124 e. The molecule has 18 heavy (non-hydrogen) atoms. The Morgan fingerprint density at radius 2 is 2.11 bits per heavy atom. The Morgan fingerprint density at radius 3 is 2.78 bits per heavy atom. The predicted molar refractivity (Wildman–Crippen MR) is 71.9 cm³/mol. The molecule has 1 atom stereocenters. The fourth-order valence-corrected chi connectivity index (χ4v) is 2.05. The standard InChI is InChI=1S/C14H18N4/c1-11(8-15)9-18-13-7-5-4-6-12(13)16-14(18)10-17(2)3/h4-7,11H,9-10H2,1-3H3. The van der Waals surface area contributed by atoms with Crippen LogP contribution in [0, 0.1) is 17.2 Å². The van der Waals surface area contributed by atoms with Crippen molar-refractivity contribution in [3.63, 3.8) is 0 Å². The van der Waals surface area contributed by atoms with Crippen LogP contribution in [-0.2, 0) is 13.1 Å². The van der Waals surface area contributed by atoms with Crippen molar-refractivity contribution in [1.82, 2.24) is 14.5 Å². The molecule has 0 fully saturated rings. The van der Waals surface area contributed by atoms with Crippen molar-refractivity contribution in [1.29, 1.82) is 5.26 Å². The lowest BCUT2D eigenvalue weighted by Gasteiger charge is -2.13. The van der Waals surface area contributed by atoms with Crippen LogP contribution in [0.25, 0.3) is 11.0 Å². The van der Waals surface area contributed by atoms with E-state index in [4.69, 9.17) is 5.26 Å². The summed E-state index contributed by atoms with van der Waals surface area (Å²) in [6, 6.07) is 10.4. The number of nitriles is 1. The first-order valence-electron chi connectivity index (χ1n) is 6.10. The summed E-state index contributed by atoms with van der Waals surface area (Å²) < 4.78 is 2.16. The molecule has 0 spiro atoms. The van der Waals surface area contributed by atoms with Crippen LogP contribution in [0.15, 0.2) is 24.3 Å². The van der Waals surface area contributed by atoms with Gasteiger partial charge in [0.2, 0.25) is 0 Å². The van der Waals surface area contributed by atoms with Crippen LogP contribution in [0.2, 0.25) is 0 Å². The average Bonchev–Trinajstić information content (AvgIpc) is 2.66. The lowest BCUT2D eigenvalue weighted by atomic mass is 10.2. The molecular weight excluding hydrogens is 224 g/mol. The summed E-state index contributed by atoms with van der Waals surface area (Å²) >= 11 is 0. The fourth-order valence-electron chi connectivity index (χ4n) is 2.05. The quantitative estimate of drug-likeness (QED) is 0.826. The molecule has 0 saturated heterocycles. The van der Waals surface area contributed by atoms with Gasteiger partial charge in [0.05, 0.1) is 29.6 Å². The van der Waals surface area contributed by atoms with Crippen LogP contribution in [0.1, 0.15) is 12.7 Å². The summed E-state index contributed by atoms with van der Waals surface area (Å²) in [5, 5.41) is 8.98. The van der Waals surface area contributed by atoms with Crippen molar-refractivity contribution < 1.29 is 0 Å². The molecule has 0 bridgehead atoms. The third kappa shape index (κ3) is 2.52. The zero-order valence-electron chi connectivity index (χ0n) is 11.1. The highest BCUT2D eigenvalue weighted by Crippen LogP contribution is 2.18. The number of benzene rings is 1. The first kappa shape index (κ1) is 12.6. The normalized spacial score (nSPS) is 12.8. The maximum absolute atomic E-state index is 8.98. The van der Waals surface area contributed by atoms with Gasteiger partial charge in [0.15, 0.2) is 0 Å². The van der Waals surface area contributed by atoms with Crippen molar-refractivity contribution in [3.8, 4) is 6.07 Å². The van der Waals surface area contributed by atoms with E-state index in [1.165, 1.54) is 0 Å². The highest BCUT2D eigenvalue weighted by atomic mass is 15.2. The third-order valence-electron chi connectivity index (χ3n) is 2.87. The summed E-state index contributed by atoms with van der Waals surface area (Å²) in [5.74, 6) is 1.01. The van der Waals surface area contributed by atoms with Gasteiger partial charge in [0.1, 0.15) is 5.82 Å². The molecule has 0 aliphatic heterocycles. The van der Waals surface area contributed by atoms with E-state index in [1.54, 1.807) is 0 Å². The molecule has 1 aromatic carbocycles. The van der Waals surface area contributed by atoms with Crippen LogP contribution in [0.5, 0.6) is 0 Å². The first-order valence-corrected chi connectivity index (χ1v) is 6.10. The first-order chi connectivity index (χ1) is 8.61. The van der Waals surface area contributed by atoms with Crippen LogP contribution in [-0.4, -0.2) is 28.5 Å². The van der Waals surface area contributed by atoms with Crippen molar-refractivity contribution in [3.05, 3.63) is 30.1 Å². The monoisotopic (exact) mass is 242 g/mol. The number of rotatable bonds is 4. The van der Waals surface area contributed by atoms with Crippen LogP contribution >= 0.6 is 0 Å². The Hall–Kier alpha value is -1.86. The molecule has 1 aromatic heterocycles. The summed E-state index contributed by atoms with van der Waals surface area (Å²) in [5.41, 5.74) is 2.11. The molecule has 2 rings (SSSR count). The number of hydrogen-bond donors (Lipinski definition) is 0. The number of imidazole rings is 1. The van der Waals surface area contributed by atoms with E-state index in [1.807, 2.05) is 39.2 Å². The summed E-state index contributed by atoms with van der Waals surface area (Å²) in [7, 11) is 4.05. The van der Waals surface area contributed by atoms with Gasteiger partial charge >= 0.3 is 0 Å². The lowest BCUT2D eigenvalue weighted by Crippen LogP contribution is -2.17. The van der Waals surface area contributed by atoms with E-state index in [2.05, 4.69) is 26.6 Å². The maximum atomic E-state index is 8.98. The SMILES string of the molecule is CC(C#N)Cn1c(CN(C)C)nc2ccccc21. The van der Waals surface area contributed by atoms with Gasteiger partial charge in [0.25, 0.3) is 0 Å². The molecule has 0 radical (unpaired) electrons. The Kier molecular flexibility index (Phi) is 3.63. The predicted octanol–water partition coefficient (Wildman–Crippen LogP) is 2.26. The van der Waals surface area contributed by atoms with Crippen LogP contribution in [0.4, 0.5) is 0 Å². The Bertz CT molecular complexity index is 577. The smallest absolute Gasteiger partial charge is 0.124 e. The van der Waals surface area contributed by atoms with Gasteiger partial charge in [-0.2, -0.15) is 5.26 Å². The van der Waals surface area contributed by atoms with Gasteiger partial charge in [-0.3, -0.25) is 0 Å². The number of hydrogen-bond acceptors (Lipinski definition) is 3. The highest BCUT2D eigenvalue weighted by Gasteiger charge is 2.13. The Labute approximate surface area is 107 Å². The second kappa shape index (κ2) is 5.19. The second-order valence-electron chi connectivity index (χ2n) is 4.90. The minimum atomic E-state index is -0.0106. The zero-order chi connectivity index (χ0) is 13.1. The van der Waals surface area contributed by atoms with E-state index in [0.29, 0.717) is 6.54 Å². The zero-order valence-corrected chi connectivity index (χ0v) is 11.1. The minimum absolute atomic E-state index is 0.0106. The van der Waals surface area contributed by atoms with Crippen molar-refractivity contribution >= 4 is 11.0 Å². The summed E-state index contributed by atoms with van der Waals surface area (Å²) in [6.07, 6.45) is 0. The largest absolute Gasteiger partial charge is 0.326 e. The Balaban J connectivity index is 2.47. The van der Waals surface area contributed by atoms with E-state index < -0.39 is 0 Å². The van der Waals surface area contributed by atoms with Crippen LogP contribution < -0.4 is 0 Å². The molecule has 0 aliphatic carbocycles. The van der Waals surface area contributed by atoms with E-state index in [9.17, 15) is 0 Å². The van der Waals surface area contributed by atoms with Gasteiger partial charge in [-0.1, -0.05) is 12.1 Å². The number of para-hydroxylation sites is 2. The number of aromatic nitrogens is 2. The van der Waals surface area contributed by atoms with Gasteiger partial charge < -0.3 is 9.47 Å². The molecule has 0 N–H and O–H groups in total. The minimum Gasteiger partial charge on any atom is -0.326 e. The van der Waals surface area contributed by atoms with E-state index in [0.717, 1.165) is 23.4 Å². The van der Waals surface area contributed by atoms with E-state index >= 15 is 0 Å². The number of nitrogens with zero attached hydrogens (tertiary/aromatic N) is 4.